The number of benzene rings is 3. The molecule has 36 heavy (non-hydrogen) atoms. The van der Waals surface area contributed by atoms with E-state index in [1.54, 1.807) is 37.4 Å². The topological polar surface area (TPSA) is 113 Å². The van der Waals surface area contributed by atoms with E-state index >= 15 is 0 Å². The van der Waals surface area contributed by atoms with Crippen molar-refractivity contribution < 1.29 is 14.0 Å². The van der Waals surface area contributed by atoms with E-state index in [0.29, 0.717) is 38.6 Å². The van der Waals surface area contributed by atoms with Gasteiger partial charge in [-0.05, 0) is 34.7 Å². The maximum Gasteiger partial charge on any atom is 0.257 e. The maximum absolute atomic E-state index is 6.27. The number of rotatable bonds is 8. The van der Waals surface area contributed by atoms with E-state index in [-0.39, 0.29) is 18.4 Å². The van der Waals surface area contributed by atoms with Crippen molar-refractivity contribution >= 4 is 28.9 Å². The summed E-state index contributed by atoms with van der Waals surface area (Å²) in [7, 11) is 1.72. The average Bonchev–Trinajstić information content (AvgIpc) is 3.55. The molecule has 0 aliphatic rings. The highest BCUT2D eigenvalue weighted by atomic mass is 35.5. The van der Waals surface area contributed by atoms with E-state index in [1.807, 2.05) is 42.5 Å². The molecule has 0 aliphatic heterocycles. The molecule has 0 amide bonds. The van der Waals surface area contributed by atoms with Gasteiger partial charge in [0, 0.05) is 12.6 Å². The lowest BCUT2D eigenvalue weighted by atomic mass is 10.1. The number of tetrazole rings is 1. The first-order chi connectivity index (χ1) is 17.6. The molecule has 5 aromatic rings. The number of halogens is 2. The summed E-state index contributed by atoms with van der Waals surface area (Å²) in [5.74, 6) is 1.77. The fourth-order valence-corrected chi connectivity index (χ4v) is 3.57. The minimum atomic E-state index is -0.0717. The monoisotopic (exact) mass is 521 g/mol. The van der Waals surface area contributed by atoms with Crippen LogP contribution < -0.4 is 4.74 Å². The summed E-state index contributed by atoms with van der Waals surface area (Å²) >= 11 is 12.4. The highest BCUT2D eigenvalue weighted by Crippen LogP contribution is 2.38. The number of oxime groups is 1. The van der Waals surface area contributed by atoms with Gasteiger partial charge in [-0.2, -0.15) is 0 Å². The molecule has 0 spiro atoms. The molecule has 0 fully saturated rings. The predicted octanol–water partition coefficient (Wildman–Crippen LogP) is 5.33. The number of aromatic nitrogens is 6. The van der Waals surface area contributed by atoms with E-state index in [2.05, 4.69) is 30.9 Å². The van der Waals surface area contributed by atoms with E-state index in [0.717, 1.165) is 5.56 Å². The number of nitrogens with zero attached hydrogens (tertiary/aromatic N) is 7. The number of hydrogen-bond acceptors (Lipinski definition) is 9. The highest BCUT2D eigenvalue weighted by molar-refractivity contribution is 6.42. The summed E-state index contributed by atoms with van der Waals surface area (Å²) in [5, 5.41) is 24.7. The van der Waals surface area contributed by atoms with Gasteiger partial charge in [0.15, 0.2) is 12.3 Å². The second-order valence-corrected chi connectivity index (χ2v) is 8.14. The van der Waals surface area contributed by atoms with Crippen LogP contribution in [0.25, 0.3) is 11.5 Å². The van der Waals surface area contributed by atoms with E-state index in [1.165, 1.54) is 4.68 Å². The molecule has 0 N–H and O–H groups in total. The summed E-state index contributed by atoms with van der Waals surface area (Å²) in [6.07, 6.45) is 0. The van der Waals surface area contributed by atoms with E-state index in [9.17, 15) is 0 Å². The standard InChI is InChI=1S/C24H17Cl2N7O3/c1-33-23(28-31-32-33)22(15-8-3-2-4-9-15)30-34-14-20-27-29-24(36-20)16-10-5-6-12-18(16)35-19-13-7-11-17(25)21(19)26/h2-13H,14H2,1H3/b30-22-. The normalized spacial score (nSPS) is 11.5. The number of para-hydroxylation sites is 1. The van der Waals surface area contributed by atoms with Crippen molar-refractivity contribution in [1.29, 1.82) is 0 Å². The summed E-state index contributed by atoms with van der Waals surface area (Å²) in [6.45, 7) is -0.0717. The lowest BCUT2D eigenvalue weighted by molar-refractivity contribution is 0.111. The Hall–Kier alpha value is -4.28. The summed E-state index contributed by atoms with van der Waals surface area (Å²) in [6, 6.07) is 21.8. The van der Waals surface area contributed by atoms with Crippen LogP contribution in [0.1, 0.15) is 17.3 Å². The Morgan fingerprint density at radius 3 is 2.50 bits per heavy atom. The van der Waals surface area contributed by atoms with Gasteiger partial charge in [-0.25, -0.2) is 4.68 Å². The van der Waals surface area contributed by atoms with Crippen molar-refractivity contribution in [2.45, 2.75) is 6.61 Å². The molecule has 0 saturated carbocycles. The number of hydrogen-bond donors (Lipinski definition) is 0. The van der Waals surface area contributed by atoms with Crippen molar-refractivity contribution in [3.63, 3.8) is 0 Å². The highest BCUT2D eigenvalue weighted by Gasteiger charge is 2.17. The molecule has 0 aliphatic carbocycles. The van der Waals surface area contributed by atoms with Gasteiger partial charge in [-0.3, -0.25) is 0 Å². The van der Waals surface area contributed by atoms with Gasteiger partial charge in [0.2, 0.25) is 5.82 Å². The molecule has 0 bridgehead atoms. The van der Waals surface area contributed by atoms with Crippen LogP contribution >= 0.6 is 23.2 Å². The molecule has 10 nitrogen and oxygen atoms in total. The van der Waals surface area contributed by atoms with Crippen molar-refractivity contribution in [3.05, 3.63) is 100 Å². The molecule has 2 aromatic heterocycles. The Bertz CT molecular complexity index is 1520. The molecular weight excluding hydrogens is 505 g/mol. The van der Waals surface area contributed by atoms with Gasteiger partial charge in [0.1, 0.15) is 16.5 Å². The molecule has 180 valence electrons. The van der Waals surface area contributed by atoms with Crippen LogP contribution in [-0.2, 0) is 18.5 Å². The van der Waals surface area contributed by atoms with Gasteiger partial charge in [-0.15, -0.1) is 15.3 Å². The third-order valence-electron chi connectivity index (χ3n) is 4.94. The fourth-order valence-electron chi connectivity index (χ4n) is 3.24. The number of ether oxygens (including phenoxy) is 1. The number of aryl methyl sites for hydroxylation is 1. The van der Waals surface area contributed by atoms with Gasteiger partial charge in [0.25, 0.3) is 11.8 Å². The van der Waals surface area contributed by atoms with Crippen molar-refractivity contribution in [2.24, 2.45) is 12.2 Å². The van der Waals surface area contributed by atoms with Crippen molar-refractivity contribution in [3.8, 4) is 23.0 Å². The second kappa shape index (κ2) is 10.5. The first-order valence-electron chi connectivity index (χ1n) is 10.6. The third-order valence-corrected chi connectivity index (χ3v) is 5.74. The summed E-state index contributed by atoms with van der Waals surface area (Å²) < 4.78 is 13.3. The van der Waals surface area contributed by atoms with Crippen molar-refractivity contribution in [2.75, 3.05) is 0 Å². The van der Waals surface area contributed by atoms with E-state index in [4.69, 9.17) is 37.2 Å². The van der Waals surface area contributed by atoms with E-state index < -0.39 is 0 Å². The van der Waals surface area contributed by atoms with Gasteiger partial charge in [-0.1, -0.05) is 76.9 Å². The molecule has 12 heteroatoms. The second-order valence-electron chi connectivity index (χ2n) is 7.36. The van der Waals surface area contributed by atoms with Crippen molar-refractivity contribution in [1.82, 2.24) is 30.4 Å². The van der Waals surface area contributed by atoms with Gasteiger partial charge >= 0.3 is 0 Å². The van der Waals surface area contributed by atoms with Crippen LogP contribution in [0, 0.1) is 0 Å². The van der Waals surface area contributed by atoms with Crippen LogP contribution in [0.5, 0.6) is 11.5 Å². The third kappa shape index (κ3) is 5.04. The molecule has 0 radical (unpaired) electrons. The predicted molar refractivity (Wildman–Crippen MR) is 132 cm³/mol. The van der Waals surface area contributed by atoms with Crippen LogP contribution in [0.3, 0.4) is 0 Å². The average molecular weight is 522 g/mol. The smallest absolute Gasteiger partial charge is 0.257 e. The Morgan fingerprint density at radius 2 is 1.69 bits per heavy atom. The molecular formula is C24H17Cl2N7O3. The molecule has 0 unspecified atom stereocenters. The first kappa shape index (κ1) is 23.5. The van der Waals surface area contributed by atoms with Crippen LogP contribution in [0.2, 0.25) is 10.0 Å². The Morgan fingerprint density at radius 1 is 0.917 bits per heavy atom. The van der Waals surface area contributed by atoms with Crippen LogP contribution in [0.4, 0.5) is 0 Å². The Kier molecular flexibility index (Phi) is 6.87. The molecule has 5 rings (SSSR count). The Labute approximate surface area is 215 Å². The zero-order valence-electron chi connectivity index (χ0n) is 18.7. The van der Waals surface area contributed by atoms with Gasteiger partial charge in [0.05, 0.1) is 10.6 Å². The molecule has 3 aromatic carbocycles. The zero-order chi connectivity index (χ0) is 24.9. The summed E-state index contributed by atoms with van der Waals surface area (Å²) in [4.78, 5) is 5.54. The first-order valence-corrected chi connectivity index (χ1v) is 11.4. The fraction of sp³-hybridized carbons (Fsp3) is 0.0833. The molecule has 0 saturated heterocycles. The lowest BCUT2D eigenvalue weighted by Crippen LogP contribution is -2.12. The van der Waals surface area contributed by atoms with Crippen LogP contribution in [-0.4, -0.2) is 36.1 Å². The lowest BCUT2D eigenvalue weighted by Gasteiger charge is -2.10. The quantitative estimate of drug-likeness (QED) is 0.199. The molecule has 2 heterocycles. The zero-order valence-corrected chi connectivity index (χ0v) is 20.3. The molecule has 0 atom stereocenters. The maximum atomic E-state index is 6.27. The Balaban J connectivity index is 1.35. The largest absolute Gasteiger partial charge is 0.455 e. The van der Waals surface area contributed by atoms with Crippen LogP contribution in [0.15, 0.2) is 82.4 Å². The van der Waals surface area contributed by atoms with Gasteiger partial charge < -0.3 is 14.0 Å². The minimum Gasteiger partial charge on any atom is -0.455 e. The minimum absolute atomic E-state index is 0.0717. The SMILES string of the molecule is Cn1nnnc1/C(=N\OCc1nnc(-c2ccccc2Oc2cccc(Cl)c2Cl)o1)c1ccccc1. The summed E-state index contributed by atoms with van der Waals surface area (Å²) in [5.41, 5.74) is 1.82.